The molecule has 1 saturated carbocycles. The average Bonchev–Trinajstić information content (AvgIpc) is 3.00. The Morgan fingerprint density at radius 1 is 1.31 bits per heavy atom. The smallest absolute Gasteiger partial charge is 0.409 e. The normalized spacial score (nSPS) is 22.1. The number of hydrogen-bond acceptors (Lipinski definition) is 3. The largest absolute Gasteiger partial charge is 0.535 e. The lowest BCUT2D eigenvalue weighted by molar-refractivity contribution is -0.367. The second-order valence-electron chi connectivity index (χ2n) is 4.05. The van der Waals surface area contributed by atoms with Crippen LogP contribution in [0.1, 0.15) is 18.4 Å². The third-order valence-corrected chi connectivity index (χ3v) is 2.68. The van der Waals surface area contributed by atoms with Crippen molar-refractivity contribution in [1.29, 1.82) is 0 Å². The quantitative estimate of drug-likeness (QED) is 0.842. The molecule has 1 fully saturated rings. The van der Waals surface area contributed by atoms with E-state index in [4.69, 9.17) is 0 Å². The Balaban J connectivity index is 1.91. The molecule has 3 rings (SSSR count). The third kappa shape index (κ3) is 1.82. The van der Waals surface area contributed by atoms with Crippen LogP contribution in [0.3, 0.4) is 0 Å². The maximum Gasteiger partial charge on any atom is 0.535 e. The SMILES string of the molecule is FC1(F)OCc2c(NC3CC3)cccc2O1. The molecule has 86 valence electrons. The van der Waals surface area contributed by atoms with Crippen LogP contribution in [0.4, 0.5) is 14.5 Å². The monoisotopic (exact) mass is 227 g/mol. The molecule has 3 nitrogen and oxygen atoms in total. The fourth-order valence-corrected chi connectivity index (χ4v) is 1.71. The first-order chi connectivity index (χ1) is 7.64. The molecule has 1 aliphatic carbocycles. The number of nitrogens with one attached hydrogen (secondary N) is 1. The predicted octanol–water partition coefficient (Wildman–Crippen LogP) is 2.72. The van der Waals surface area contributed by atoms with Crippen molar-refractivity contribution in [2.75, 3.05) is 5.32 Å². The van der Waals surface area contributed by atoms with Gasteiger partial charge in [-0.3, -0.25) is 4.74 Å². The Morgan fingerprint density at radius 2 is 2.12 bits per heavy atom. The van der Waals surface area contributed by atoms with Crippen LogP contribution in [-0.4, -0.2) is 12.3 Å². The number of rotatable bonds is 2. The predicted molar refractivity (Wildman–Crippen MR) is 53.5 cm³/mol. The molecule has 0 saturated heterocycles. The van der Waals surface area contributed by atoms with Crippen molar-refractivity contribution in [3.05, 3.63) is 23.8 Å². The van der Waals surface area contributed by atoms with Gasteiger partial charge in [-0.05, 0) is 25.0 Å². The van der Waals surface area contributed by atoms with E-state index in [0.29, 0.717) is 11.6 Å². The number of ether oxygens (including phenoxy) is 2. The summed E-state index contributed by atoms with van der Waals surface area (Å²) in [5.41, 5.74) is 1.50. The molecule has 0 bridgehead atoms. The first kappa shape index (κ1) is 9.84. The van der Waals surface area contributed by atoms with Gasteiger partial charge in [0.2, 0.25) is 0 Å². The fourth-order valence-electron chi connectivity index (χ4n) is 1.71. The van der Waals surface area contributed by atoms with Gasteiger partial charge in [-0.2, -0.15) is 0 Å². The van der Waals surface area contributed by atoms with Gasteiger partial charge in [0, 0.05) is 17.3 Å². The molecule has 1 N–H and O–H groups in total. The average molecular weight is 227 g/mol. The van der Waals surface area contributed by atoms with E-state index in [1.807, 2.05) is 6.07 Å². The summed E-state index contributed by atoms with van der Waals surface area (Å²) in [6, 6.07) is 5.55. The molecule has 1 aromatic rings. The van der Waals surface area contributed by atoms with Gasteiger partial charge in [0.05, 0.1) is 6.61 Å². The maximum absolute atomic E-state index is 12.8. The summed E-state index contributed by atoms with van der Waals surface area (Å²) < 4.78 is 34.5. The first-order valence-electron chi connectivity index (χ1n) is 5.23. The highest BCUT2D eigenvalue weighted by atomic mass is 19.3. The van der Waals surface area contributed by atoms with Crippen LogP contribution in [0.5, 0.6) is 5.75 Å². The van der Waals surface area contributed by atoms with E-state index in [1.165, 1.54) is 6.07 Å². The van der Waals surface area contributed by atoms with Crippen LogP contribution in [0.25, 0.3) is 0 Å². The zero-order chi connectivity index (χ0) is 11.2. The van der Waals surface area contributed by atoms with Gasteiger partial charge >= 0.3 is 6.29 Å². The van der Waals surface area contributed by atoms with E-state index in [2.05, 4.69) is 14.8 Å². The van der Waals surface area contributed by atoms with Crippen LogP contribution >= 0.6 is 0 Å². The summed E-state index contributed by atoms with van der Waals surface area (Å²) in [4.78, 5) is 0. The standard InChI is InChI=1S/C11H11F2NO2/c12-11(13)15-6-8-9(14-7-4-5-7)2-1-3-10(8)16-11/h1-3,7,14H,4-6H2. The second kappa shape index (κ2) is 3.31. The van der Waals surface area contributed by atoms with E-state index < -0.39 is 6.29 Å². The molecule has 0 atom stereocenters. The number of anilines is 1. The molecule has 1 heterocycles. The number of alkyl halides is 2. The van der Waals surface area contributed by atoms with Gasteiger partial charge in [-0.25, -0.2) is 0 Å². The molecule has 16 heavy (non-hydrogen) atoms. The number of benzene rings is 1. The Labute approximate surface area is 91.4 Å². The van der Waals surface area contributed by atoms with E-state index in [9.17, 15) is 8.78 Å². The topological polar surface area (TPSA) is 30.5 Å². The molecule has 5 heteroatoms. The highest BCUT2D eigenvalue weighted by molar-refractivity contribution is 5.58. The van der Waals surface area contributed by atoms with Crippen molar-refractivity contribution in [3.63, 3.8) is 0 Å². The molecular formula is C11H11F2NO2. The summed E-state index contributed by atoms with van der Waals surface area (Å²) in [6.07, 6.45) is -1.26. The van der Waals surface area contributed by atoms with Gasteiger partial charge in [-0.15, -0.1) is 8.78 Å². The molecule has 1 aliphatic heterocycles. The van der Waals surface area contributed by atoms with E-state index in [1.54, 1.807) is 6.07 Å². The molecule has 0 spiro atoms. The molecule has 0 aromatic heterocycles. The minimum Gasteiger partial charge on any atom is -0.409 e. The fraction of sp³-hybridized carbons (Fsp3) is 0.455. The van der Waals surface area contributed by atoms with Crippen LogP contribution in [0.15, 0.2) is 18.2 Å². The van der Waals surface area contributed by atoms with Gasteiger partial charge < -0.3 is 10.1 Å². The highest BCUT2D eigenvalue weighted by Gasteiger charge is 2.39. The third-order valence-electron chi connectivity index (χ3n) is 2.68. The second-order valence-corrected chi connectivity index (χ2v) is 4.05. The lowest BCUT2D eigenvalue weighted by Crippen LogP contribution is -2.32. The summed E-state index contributed by atoms with van der Waals surface area (Å²) in [6.45, 7) is -0.127. The summed E-state index contributed by atoms with van der Waals surface area (Å²) in [7, 11) is 0. The Kier molecular flexibility index (Phi) is 2.04. The summed E-state index contributed by atoms with van der Waals surface area (Å²) >= 11 is 0. The minimum atomic E-state index is -3.51. The van der Waals surface area contributed by atoms with E-state index in [0.717, 1.165) is 18.5 Å². The Morgan fingerprint density at radius 3 is 2.88 bits per heavy atom. The van der Waals surface area contributed by atoms with Crippen molar-refractivity contribution in [2.24, 2.45) is 0 Å². The summed E-state index contributed by atoms with van der Waals surface area (Å²) in [5.74, 6) is 0.196. The van der Waals surface area contributed by atoms with Gasteiger partial charge in [0.1, 0.15) is 5.75 Å². The van der Waals surface area contributed by atoms with Crippen LogP contribution in [-0.2, 0) is 11.3 Å². The number of hydrogen-bond donors (Lipinski definition) is 1. The molecule has 1 aromatic carbocycles. The van der Waals surface area contributed by atoms with Crippen molar-refractivity contribution in [2.45, 2.75) is 31.8 Å². The molecule has 0 unspecified atom stereocenters. The van der Waals surface area contributed by atoms with Crippen molar-refractivity contribution < 1.29 is 18.3 Å². The van der Waals surface area contributed by atoms with E-state index in [-0.39, 0.29) is 12.4 Å². The lowest BCUT2D eigenvalue weighted by atomic mass is 10.1. The van der Waals surface area contributed by atoms with Crippen LogP contribution in [0.2, 0.25) is 0 Å². The molecular weight excluding hydrogens is 216 g/mol. The minimum absolute atomic E-state index is 0.127. The van der Waals surface area contributed by atoms with Crippen LogP contribution < -0.4 is 10.1 Å². The summed E-state index contributed by atoms with van der Waals surface area (Å²) in [5, 5.41) is 3.27. The molecule has 0 amide bonds. The maximum atomic E-state index is 12.8. The Bertz CT molecular complexity index is 404. The van der Waals surface area contributed by atoms with Gasteiger partial charge in [0.15, 0.2) is 0 Å². The zero-order valence-corrected chi connectivity index (χ0v) is 8.50. The van der Waals surface area contributed by atoms with Crippen LogP contribution in [0, 0.1) is 0 Å². The number of halogens is 2. The van der Waals surface area contributed by atoms with Gasteiger partial charge in [0.25, 0.3) is 0 Å². The van der Waals surface area contributed by atoms with Crippen molar-refractivity contribution in [3.8, 4) is 5.75 Å². The zero-order valence-electron chi connectivity index (χ0n) is 8.50. The molecule has 2 aliphatic rings. The van der Waals surface area contributed by atoms with Crippen molar-refractivity contribution >= 4 is 5.69 Å². The number of fused-ring (bicyclic) bond motifs is 1. The Hall–Kier alpha value is -1.36. The molecule has 0 radical (unpaired) electrons. The first-order valence-corrected chi connectivity index (χ1v) is 5.23. The lowest BCUT2D eigenvalue weighted by Gasteiger charge is -2.26. The van der Waals surface area contributed by atoms with Crippen molar-refractivity contribution in [1.82, 2.24) is 0 Å². The highest BCUT2D eigenvalue weighted by Crippen LogP contribution is 2.38. The van der Waals surface area contributed by atoms with Gasteiger partial charge in [-0.1, -0.05) is 6.07 Å². The van der Waals surface area contributed by atoms with E-state index >= 15 is 0 Å².